The Hall–Kier alpha value is -1.13. The maximum atomic E-state index is 6.24. The van der Waals surface area contributed by atoms with Crippen LogP contribution in [0, 0.1) is 6.92 Å². The van der Waals surface area contributed by atoms with Gasteiger partial charge in [0.2, 0.25) is 0 Å². The van der Waals surface area contributed by atoms with Gasteiger partial charge in [0.25, 0.3) is 0 Å². The van der Waals surface area contributed by atoms with E-state index in [0.29, 0.717) is 6.04 Å². The average Bonchev–Trinajstić information content (AvgIpc) is 2.52. The molecule has 0 saturated carbocycles. The van der Waals surface area contributed by atoms with Gasteiger partial charge in [0.05, 0.1) is 0 Å². The van der Waals surface area contributed by atoms with Gasteiger partial charge >= 0.3 is 0 Å². The number of rotatable bonds is 3. The fraction of sp³-hybridized carbons (Fsp3) is 0.353. The molecule has 1 aromatic carbocycles. The first-order valence-electron chi connectivity index (χ1n) is 7.34. The molecule has 2 heterocycles. The summed E-state index contributed by atoms with van der Waals surface area (Å²) < 4.78 is 0. The van der Waals surface area contributed by atoms with E-state index in [1.54, 1.807) is 0 Å². The molecule has 0 bridgehead atoms. The summed E-state index contributed by atoms with van der Waals surface area (Å²) in [4.78, 5) is 6.75. The molecule has 22 heavy (non-hydrogen) atoms. The molecule has 1 aromatic heterocycles. The number of hydrogen-bond acceptors (Lipinski definition) is 3. The molecule has 0 radical (unpaired) electrons. The number of nitrogens with zero attached hydrogens (tertiary/aromatic N) is 2. The zero-order chi connectivity index (χ0) is 14.7. The zero-order valence-electron chi connectivity index (χ0n) is 12.6. The molecule has 0 spiro atoms. The second-order valence-corrected chi connectivity index (χ2v) is 5.97. The second-order valence-electron chi connectivity index (χ2n) is 5.56. The number of pyridine rings is 1. The smallest absolute Gasteiger partial charge is 0.0491 e. The molecule has 5 heteroatoms. The number of nitrogens with one attached hydrogen (secondary N) is 1. The van der Waals surface area contributed by atoms with E-state index >= 15 is 0 Å². The van der Waals surface area contributed by atoms with Crippen LogP contribution in [0.2, 0.25) is 5.02 Å². The molecule has 1 atom stereocenters. The minimum atomic E-state index is 0. The van der Waals surface area contributed by atoms with Crippen molar-refractivity contribution in [2.24, 2.45) is 0 Å². The first-order valence-corrected chi connectivity index (χ1v) is 7.71. The Morgan fingerprint density at radius 2 is 2.23 bits per heavy atom. The van der Waals surface area contributed by atoms with Gasteiger partial charge in [-0.15, -0.1) is 12.4 Å². The van der Waals surface area contributed by atoms with Crippen LogP contribution in [0.5, 0.6) is 0 Å². The molecule has 118 valence electrons. The predicted octanol–water partition coefficient (Wildman–Crippen LogP) is 3.61. The Morgan fingerprint density at radius 1 is 1.36 bits per heavy atom. The van der Waals surface area contributed by atoms with Gasteiger partial charge in [-0.2, -0.15) is 0 Å². The molecule has 1 unspecified atom stereocenters. The minimum absolute atomic E-state index is 0. The van der Waals surface area contributed by atoms with Crippen molar-refractivity contribution in [1.29, 1.82) is 0 Å². The van der Waals surface area contributed by atoms with Gasteiger partial charge in [0.1, 0.15) is 0 Å². The van der Waals surface area contributed by atoms with E-state index in [0.717, 1.165) is 36.8 Å². The largest absolute Gasteiger partial charge is 0.314 e. The zero-order valence-corrected chi connectivity index (χ0v) is 14.2. The second kappa shape index (κ2) is 7.93. The van der Waals surface area contributed by atoms with Crippen molar-refractivity contribution >= 4 is 24.0 Å². The Kier molecular flexibility index (Phi) is 6.21. The van der Waals surface area contributed by atoms with Crippen LogP contribution in [0.15, 0.2) is 42.7 Å². The van der Waals surface area contributed by atoms with E-state index < -0.39 is 0 Å². The lowest BCUT2D eigenvalue weighted by Crippen LogP contribution is -2.45. The predicted molar refractivity (Wildman–Crippen MR) is 93.7 cm³/mol. The molecule has 1 aliphatic rings. The van der Waals surface area contributed by atoms with Crippen molar-refractivity contribution in [1.82, 2.24) is 15.2 Å². The van der Waals surface area contributed by atoms with Crippen LogP contribution >= 0.6 is 24.0 Å². The third-order valence-corrected chi connectivity index (χ3v) is 4.45. The van der Waals surface area contributed by atoms with Crippen molar-refractivity contribution in [2.45, 2.75) is 19.5 Å². The van der Waals surface area contributed by atoms with Gasteiger partial charge in [-0.1, -0.05) is 29.8 Å². The van der Waals surface area contributed by atoms with E-state index in [-0.39, 0.29) is 12.4 Å². The number of halogens is 2. The molecular formula is C17H21Cl2N3. The highest BCUT2D eigenvalue weighted by Gasteiger charge is 2.23. The molecule has 0 amide bonds. The molecule has 1 aliphatic heterocycles. The van der Waals surface area contributed by atoms with Crippen molar-refractivity contribution in [2.75, 3.05) is 19.6 Å². The van der Waals surface area contributed by atoms with Crippen LogP contribution in [-0.4, -0.2) is 29.5 Å². The van der Waals surface area contributed by atoms with Crippen LogP contribution in [0.4, 0.5) is 0 Å². The maximum Gasteiger partial charge on any atom is 0.0491 e. The summed E-state index contributed by atoms with van der Waals surface area (Å²) in [5.74, 6) is 0. The Labute approximate surface area is 143 Å². The highest BCUT2D eigenvalue weighted by Crippen LogP contribution is 2.25. The van der Waals surface area contributed by atoms with E-state index in [1.165, 1.54) is 11.1 Å². The van der Waals surface area contributed by atoms with E-state index in [1.807, 2.05) is 25.4 Å². The standard InChI is InChI=1S/C17H20ClN3.ClH/c1-13-4-5-14(9-16(13)18)12-21-8-7-20-11-17(21)15-3-2-6-19-10-15;/h2-6,9-10,17,20H,7-8,11-12H2,1H3;1H. The SMILES string of the molecule is Cc1ccc(CN2CCNCC2c2cccnc2)cc1Cl.Cl. The summed E-state index contributed by atoms with van der Waals surface area (Å²) in [6.07, 6.45) is 3.79. The summed E-state index contributed by atoms with van der Waals surface area (Å²) in [6, 6.07) is 10.9. The Balaban J connectivity index is 0.00000176. The highest BCUT2D eigenvalue weighted by atomic mass is 35.5. The molecule has 3 rings (SSSR count). The molecule has 0 aliphatic carbocycles. The van der Waals surface area contributed by atoms with Crippen molar-refractivity contribution in [3.63, 3.8) is 0 Å². The third-order valence-electron chi connectivity index (χ3n) is 4.05. The lowest BCUT2D eigenvalue weighted by molar-refractivity contribution is 0.153. The summed E-state index contributed by atoms with van der Waals surface area (Å²) in [7, 11) is 0. The van der Waals surface area contributed by atoms with Gasteiger partial charge in [-0.05, 0) is 35.7 Å². The molecule has 1 fully saturated rings. The topological polar surface area (TPSA) is 28.2 Å². The maximum absolute atomic E-state index is 6.24. The van der Waals surface area contributed by atoms with Crippen LogP contribution in [-0.2, 0) is 6.54 Å². The molecular weight excluding hydrogens is 317 g/mol. The monoisotopic (exact) mass is 337 g/mol. The van der Waals surface area contributed by atoms with Gasteiger partial charge in [-0.3, -0.25) is 9.88 Å². The van der Waals surface area contributed by atoms with Gasteiger partial charge < -0.3 is 5.32 Å². The summed E-state index contributed by atoms with van der Waals surface area (Å²) in [5, 5.41) is 4.32. The van der Waals surface area contributed by atoms with Gasteiger partial charge in [-0.25, -0.2) is 0 Å². The molecule has 1 N–H and O–H groups in total. The molecule has 1 saturated heterocycles. The van der Waals surface area contributed by atoms with Crippen LogP contribution in [0.3, 0.4) is 0 Å². The average molecular weight is 338 g/mol. The van der Waals surface area contributed by atoms with E-state index in [9.17, 15) is 0 Å². The van der Waals surface area contributed by atoms with Crippen molar-refractivity contribution in [3.05, 3.63) is 64.4 Å². The van der Waals surface area contributed by atoms with Crippen LogP contribution in [0.25, 0.3) is 0 Å². The first kappa shape index (κ1) is 17.2. The fourth-order valence-electron chi connectivity index (χ4n) is 2.81. The minimum Gasteiger partial charge on any atom is -0.314 e. The molecule has 2 aromatic rings. The normalized spacial score (nSPS) is 18.7. The summed E-state index contributed by atoms with van der Waals surface area (Å²) in [6.45, 7) is 5.98. The molecule has 3 nitrogen and oxygen atoms in total. The summed E-state index contributed by atoms with van der Waals surface area (Å²) in [5.41, 5.74) is 3.66. The fourth-order valence-corrected chi connectivity index (χ4v) is 3.01. The Morgan fingerprint density at radius 3 is 2.95 bits per heavy atom. The lowest BCUT2D eigenvalue weighted by Gasteiger charge is -2.36. The first-order chi connectivity index (χ1) is 10.2. The number of aromatic nitrogens is 1. The van der Waals surface area contributed by atoms with Crippen molar-refractivity contribution in [3.8, 4) is 0 Å². The van der Waals surface area contributed by atoms with E-state index in [4.69, 9.17) is 11.6 Å². The lowest BCUT2D eigenvalue weighted by atomic mass is 10.0. The highest BCUT2D eigenvalue weighted by molar-refractivity contribution is 6.31. The van der Waals surface area contributed by atoms with Gasteiger partial charge in [0.15, 0.2) is 0 Å². The number of aryl methyl sites for hydroxylation is 1. The quantitative estimate of drug-likeness (QED) is 0.927. The number of hydrogen-bond donors (Lipinski definition) is 1. The number of piperazine rings is 1. The number of benzene rings is 1. The van der Waals surface area contributed by atoms with Crippen molar-refractivity contribution < 1.29 is 0 Å². The Bertz CT molecular complexity index is 604. The third kappa shape index (κ3) is 3.99. The van der Waals surface area contributed by atoms with Crippen LogP contribution in [0.1, 0.15) is 22.7 Å². The van der Waals surface area contributed by atoms with Gasteiger partial charge in [0, 0.05) is 49.6 Å². The van der Waals surface area contributed by atoms with E-state index in [2.05, 4.69) is 39.5 Å². The van der Waals surface area contributed by atoms with Crippen LogP contribution < -0.4 is 5.32 Å². The summed E-state index contributed by atoms with van der Waals surface area (Å²) >= 11 is 6.24.